The summed E-state index contributed by atoms with van der Waals surface area (Å²) in [5.41, 5.74) is 12.8. The number of methoxy groups -OCH3 is 1. The van der Waals surface area contributed by atoms with Gasteiger partial charge >= 0.3 is 0 Å². The molecule has 0 amide bonds. The molecule has 1 aliphatic rings. The Labute approximate surface area is 139 Å². The van der Waals surface area contributed by atoms with Gasteiger partial charge < -0.3 is 14.8 Å². The third kappa shape index (κ3) is 3.56. The lowest BCUT2D eigenvalue weighted by atomic mass is 10.1. The summed E-state index contributed by atoms with van der Waals surface area (Å²) in [7, 11) is 1.51. The molecule has 0 fully saturated rings. The quantitative estimate of drug-likeness (QED) is 0.183. The van der Waals surface area contributed by atoms with Crippen molar-refractivity contribution < 1.29 is 9.47 Å². The first kappa shape index (κ1) is 17.1. The van der Waals surface area contributed by atoms with Gasteiger partial charge in [-0.1, -0.05) is 17.1 Å². The second kappa shape index (κ2) is 7.85. The lowest BCUT2D eigenvalue weighted by molar-refractivity contribution is 0.244. The van der Waals surface area contributed by atoms with Crippen LogP contribution in [0, 0.1) is 30.2 Å². The van der Waals surface area contributed by atoms with Crippen LogP contribution in [0.5, 0.6) is 11.5 Å². The van der Waals surface area contributed by atoms with Crippen molar-refractivity contribution in [2.24, 2.45) is 11.1 Å². The van der Waals surface area contributed by atoms with Gasteiger partial charge in [-0.25, -0.2) is 5.43 Å². The fourth-order valence-electron chi connectivity index (χ4n) is 2.07. The van der Waals surface area contributed by atoms with Crippen molar-refractivity contribution in [3.05, 3.63) is 35.2 Å². The van der Waals surface area contributed by atoms with Gasteiger partial charge in [-0.15, -0.1) is 12.8 Å². The molecule has 2 atom stereocenters. The number of hydrazine groups is 1. The molecular formula is C15H17N7O2. The number of nitrogens with two attached hydrogens (primary N) is 1. The van der Waals surface area contributed by atoms with Crippen LogP contribution in [0.1, 0.15) is 11.1 Å². The fraction of sp³-hybridized carbons (Fsp3) is 0.200. The van der Waals surface area contributed by atoms with Gasteiger partial charge in [0.05, 0.1) is 18.2 Å². The Kier molecular flexibility index (Phi) is 5.60. The summed E-state index contributed by atoms with van der Waals surface area (Å²) in [6, 6.07) is 3.24. The van der Waals surface area contributed by atoms with Crippen LogP contribution in [0.25, 0.3) is 0 Å². The predicted molar refractivity (Wildman–Crippen MR) is 87.0 cm³/mol. The predicted octanol–water partition coefficient (Wildman–Crippen LogP) is -0.321. The Morgan fingerprint density at radius 2 is 1.96 bits per heavy atom. The number of hydrogen-bond donors (Lipinski definition) is 6. The van der Waals surface area contributed by atoms with Gasteiger partial charge in [-0.05, 0) is 0 Å². The number of terminal acetylenes is 2. The van der Waals surface area contributed by atoms with E-state index in [-0.39, 0.29) is 0 Å². The molecule has 7 N–H and O–H groups in total. The van der Waals surface area contributed by atoms with Crippen LogP contribution in [0.15, 0.2) is 29.3 Å². The Morgan fingerprint density at radius 3 is 2.54 bits per heavy atom. The molecule has 9 heteroatoms. The second-order valence-electron chi connectivity index (χ2n) is 4.59. The minimum atomic E-state index is -0.549. The summed E-state index contributed by atoms with van der Waals surface area (Å²) in [6.45, 7) is 0. The van der Waals surface area contributed by atoms with E-state index in [2.05, 4.69) is 38.5 Å². The van der Waals surface area contributed by atoms with E-state index in [0.717, 1.165) is 0 Å². The third-order valence-corrected chi connectivity index (χ3v) is 3.21. The van der Waals surface area contributed by atoms with E-state index in [1.54, 1.807) is 18.3 Å². The largest absolute Gasteiger partial charge is 0.495 e. The van der Waals surface area contributed by atoms with E-state index >= 15 is 0 Å². The first-order chi connectivity index (χ1) is 11.7. The molecule has 0 aliphatic carbocycles. The highest BCUT2D eigenvalue weighted by Crippen LogP contribution is 2.29. The van der Waals surface area contributed by atoms with E-state index < -0.39 is 12.5 Å². The highest BCUT2D eigenvalue weighted by atomic mass is 16.5. The van der Waals surface area contributed by atoms with Crippen molar-refractivity contribution in [1.82, 2.24) is 21.5 Å². The molecule has 9 nitrogen and oxygen atoms in total. The average molecular weight is 327 g/mol. The molecule has 2 rings (SSSR count). The maximum atomic E-state index is 6.81. The second-order valence-corrected chi connectivity index (χ2v) is 4.59. The highest BCUT2D eigenvalue weighted by Gasteiger charge is 2.24. The van der Waals surface area contributed by atoms with Crippen molar-refractivity contribution in [2.75, 3.05) is 7.11 Å². The van der Waals surface area contributed by atoms with E-state index in [1.807, 2.05) is 0 Å². The third-order valence-electron chi connectivity index (χ3n) is 3.21. The standard InChI is InChI=1S/C15H17N7O2/c1-4-9-7-12(10(5-2)6-11(9)23-3)24-13-8-18-15(21-22-17)19-14(13)20-16/h1-2,6-8,14-15,18-20H,16H2,3H3,(H2,17,21). The Balaban J connectivity index is 2.31. The molecule has 0 saturated carbocycles. The lowest BCUT2D eigenvalue weighted by Crippen LogP contribution is -2.62. The van der Waals surface area contributed by atoms with Gasteiger partial charge in [0.2, 0.25) is 0 Å². The molecule has 1 aliphatic heterocycles. The molecule has 0 radical (unpaired) electrons. The Hall–Kier alpha value is -3.24. The molecule has 1 heterocycles. The van der Waals surface area contributed by atoms with Crippen molar-refractivity contribution in [1.29, 1.82) is 5.53 Å². The zero-order valence-electron chi connectivity index (χ0n) is 12.9. The minimum absolute atomic E-state index is 0.387. The SMILES string of the molecule is C#Cc1cc(OC2=CNC(NN=N)NC2NN)c(C#C)cc1OC. The summed E-state index contributed by atoms with van der Waals surface area (Å²) in [5, 5.41) is 8.97. The number of ether oxygens (including phenoxy) is 2. The van der Waals surface area contributed by atoms with Gasteiger partial charge in [0.1, 0.15) is 17.7 Å². The van der Waals surface area contributed by atoms with Gasteiger partial charge in [-0.3, -0.25) is 16.6 Å². The number of benzene rings is 1. The molecular weight excluding hydrogens is 310 g/mol. The molecule has 24 heavy (non-hydrogen) atoms. The maximum Gasteiger partial charge on any atom is 0.171 e. The molecule has 0 bridgehead atoms. The normalized spacial score (nSPS) is 19.1. The van der Waals surface area contributed by atoms with Crippen LogP contribution < -0.4 is 36.8 Å². The zero-order chi connectivity index (χ0) is 17.5. The highest BCUT2D eigenvalue weighted by molar-refractivity contribution is 5.58. The molecule has 0 aromatic heterocycles. The van der Waals surface area contributed by atoms with Crippen LogP contribution in [0.3, 0.4) is 0 Å². The van der Waals surface area contributed by atoms with E-state index in [9.17, 15) is 0 Å². The number of hydrogen-bond acceptors (Lipinski definition) is 8. The van der Waals surface area contributed by atoms with Gasteiger partial charge in [0, 0.05) is 18.3 Å². The maximum absolute atomic E-state index is 6.81. The first-order valence-electron chi connectivity index (χ1n) is 6.80. The van der Waals surface area contributed by atoms with Crippen LogP contribution in [0.2, 0.25) is 0 Å². The Bertz CT molecular complexity index is 733. The van der Waals surface area contributed by atoms with Gasteiger partial charge in [0.25, 0.3) is 0 Å². The summed E-state index contributed by atoms with van der Waals surface area (Å²) in [6.07, 6.45) is 11.5. The van der Waals surface area contributed by atoms with Crippen LogP contribution in [-0.2, 0) is 0 Å². The van der Waals surface area contributed by atoms with Crippen LogP contribution in [0.4, 0.5) is 0 Å². The average Bonchev–Trinajstić information content (AvgIpc) is 2.62. The van der Waals surface area contributed by atoms with Crippen LogP contribution in [-0.4, -0.2) is 19.6 Å². The lowest BCUT2D eigenvalue weighted by Gasteiger charge is -2.31. The van der Waals surface area contributed by atoms with E-state index in [1.165, 1.54) is 7.11 Å². The van der Waals surface area contributed by atoms with Crippen molar-refractivity contribution in [2.45, 2.75) is 12.5 Å². The summed E-state index contributed by atoms with van der Waals surface area (Å²) < 4.78 is 11.0. The molecule has 0 saturated heterocycles. The molecule has 124 valence electrons. The number of rotatable bonds is 6. The van der Waals surface area contributed by atoms with Crippen molar-refractivity contribution in [3.63, 3.8) is 0 Å². The molecule has 1 aromatic carbocycles. The van der Waals surface area contributed by atoms with Crippen LogP contribution >= 0.6 is 0 Å². The van der Waals surface area contributed by atoms with Gasteiger partial charge in [-0.2, -0.15) is 5.53 Å². The number of nitrogens with one attached hydrogen (secondary N) is 5. The molecule has 1 aromatic rings. The molecule has 0 spiro atoms. The summed E-state index contributed by atoms with van der Waals surface area (Å²) >= 11 is 0. The smallest absolute Gasteiger partial charge is 0.171 e. The zero-order valence-corrected chi connectivity index (χ0v) is 12.9. The Morgan fingerprint density at radius 1 is 1.29 bits per heavy atom. The summed E-state index contributed by atoms with van der Waals surface area (Å²) in [5.74, 6) is 11.9. The first-order valence-corrected chi connectivity index (χ1v) is 6.80. The van der Waals surface area contributed by atoms with Gasteiger partial charge in [0.15, 0.2) is 12.0 Å². The fourth-order valence-corrected chi connectivity index (χ4v) is 2.07. The van der Waals surface area contributed by atoms with E-state index in [4.69, 9.17) is 33.7 Å². The monoisotopic (exact) mass is 327 g/mol. The molecule has 2 unspecified atom stereocenters. The summed E-state index contributed by atoms with van der Waals surface area (Å²) in [4.78, 5) is 0. The van der Waals surface area contributed by atoms with Crippen molar-refractivity contribution in [3.8, 4) is 36.2 Å². The van der Waals surface area contributed by atoms with E-state index in [0.29, 0.717) is 28.4 Å². The number of nitrogens with zero attached hydrogens (tertiary/aromatic N) is 1. The minimum Gasteiger partial charge on any atom is -0.495 e. The topological polar surface area (TPSA) is 129 Å². The van der Waals surface area contributed by atoms with Crippen molar-refractivity contribution >= 4 is 0 Å².